The zero-order chi connectivity index (χ0) is 16.2. The number of carbonyl (C=O) groups is 1. The second-order valence-corrected chi connectivity index (χ2v) is 7.80. The number of thioether (sulfide) groups is 1. The average Bonchev–Trinajstić information content (AvgIpc) is 2.68. The highest BCUT2D eigenvalue weighted by atomic mass is 32.2. The third-order valence-corrected chi connectivity index (χ3v) is 5.90. The average molecular weight is 344 g/mol. The quantitative estimate of drug-likeness (QED) is 0.819. The predicted molar refractivity (Wildman–Crippen MR) is 86.9 cm³/mol. The van der Waals surface area contributed by atoms with Gasteiger partial charge in [-0.05, 0) is 30.4 Å². The molecule has 1 aromatic carbocycles. The SMILES string of the molecule is COCCNS(=O)(=O)c1ccc2c(c1)N(C(C)=O)CCCS2. The molecule has 0 fully saturated rings. The van der Waals surface area contributed by atoms with E-state index >= 15 is 0 Å². The molecule has 0 atom stereocenters. The summed E-state index contributed by atoms with van der Waals surface area (Å²) in [6, 6.07) is 4.92. The van der Waals surface area contributed by atoms with Gasteiger partial charge >= 0.3 is 0 Å². The molecule has 1 aliphatic heterocycles. The normalized spacial score (nSPS) is 15.3. The van der Waals surface area contributed by atoms with E-state index in [9.17, 15) is 13.2 Å². The lowest BCUT2D eigenvalue weighted by atomic mass is 10.2. The fourth-order valence-electron chi connectivity index (χ4n) is 2.21. The molecule has 1 aromatic rings. The Balaban J connectivity index is 2.34. The maximum absolute atomic E-state index is 12.3. The van der Waals surface area contributed by atoms with E-state index in [4.69, 9.17) is 4.74 Å². The molecule has 0 aromatic heterocycles. The molecule has 8 heteroatoms. The first-order chi connectivity index (χ1) is 10.5. The molecular formula is C14H20N2O4S2. The maximum Gasteiger partial charge on any atom is 0.240 e. The van der Waals surface area contributed by atoms with Gasteiger partial charge in [0.25, 0.3) is 0 Å². The van der Waals surface area contributed by atoms with Gasteiger partial charge < -0.3 is 9.64 Å². The lowest BCUT2D eigenvalue weighted by molar-refractivity contribution is -0.116. The number of sulfonamides is 1. The molecular weight excluding hydrogens is 324 g/mol. The highest BCUT2D eigenvalue weighted by Gasteiger charge is 2.22. The highest BCUT2D eigenvalue weighted by molar-refractivity contribution is 7.99. The van der Waals surface area contributed by atoms with Crippen LogP contribution in [0.2, 0.25) is 0 Å². The number of hydrogen-bond acceptors (Lipinski definition) is 5. The van der Waals surface area contributed by atoms with Crippen molar-refractivity contribution in [2.45, 2.75) is 23.1 Å². The molecule has 2 rings (SSSR count). The van der Waals surface area contributed by atoms with Gasteiger partial charge in [-0.2, -0.15) is 0 Å². The van der Waals surface area contributed by atoms with Crippen LogP contribution in [0.4, 0.5) is 5.69 Å². The van der Waals surface area contributed by atoms with Crippen LogP contribution in [0.5, 0.6) is 0 Å². The Morgan fingerprint density at radius 1 is 1.45 bits per heavy atom. The summed E-state index contributed by atoms with van der Waals surface area (Å²) in [4.78, 5) is 14.6. The third-order valence-electron chi connectivity index (χ3n) is 3.29. The molecule has 0 spiro atoms. The van der Waals surface area contributed by atoms with Crippen LogP contribution in [0, 0.1) is 0 Å². The molecule has 1 N–H and O–H groups in total. The van der Waals surface area contributed by atoms with Gasteiger partial charge in [-0.1, -0.05) is 0 Å². The number of rotatable bonds is 5. The molecule has 0 saturated heterocycles. The Morgan fingerprint density at radius 3 is 2.91 bits per heavy atom. The number of nitrogens with one attached hydrogen (secondary N) is 1. The molecule has 122 valence electrons. The predicted octanol–water partition coefficient (Wildman–Crippen LogP) is 1.46. The number of hydrogen-bond donors (Lipinski definition) is 1. The number of ether oxygens (including phenoxy) is 1. The number of carbonyl (C=O) groups excluding carboxylic acids is 1. The first-order valence-electron chi connectivity index (χ1n) is 6.99. The van der Waals surface area contributed by atoms with Crippen molar-refractivity contribution in [1.29, 1.82) is 0 Å². The van der Waals surface area contributed by atoms with Gasteiger partial charge in [0.1, 0.15) is 0 Å². The van der Waals surface area contributed by atoms with Crippen molar-refractivity contribution in [2.75, 3.05) is 37.5 Å². The molecule has 0 radical (unpaired) electrons. The summed E-state index contributed by atoms with van der Waals surface area (Å²) in [6.07, 6.45) is 0.882. The topological polar surface area (TPSA) is 75.7 Å². The van der Waals surface area contributed by atoms with Gasteiger partial charge in [0.15, 0.2) is 0 Å². The number of anilines is 1. The second-order valence-electron chi connectivity index (χ2n) is 4.89. The van der Waals surface area contributed by atoms with Crippen LogP contribution in [0.15, 0.2) is 28.0 Å². The Labute approximate surface area is 135 Å². The maximum atomic E-state index is 12.3. The van der Waals surface area contributed by atoms with E-state index in [0.29, 0.717) is 18.8 Å². The van der Waals surface area contributed by atoms with Gasteiger partial charge in [0.05, 0.1) is 17.2 Å². The van der Waals surface area contributed by atoms with E-state index in [2.05, 4.69) is 4.72 Å². The van der Waals surface area contributed by atoms with Crippen LogP contribution in [-0.2, 0) is 19.6 Å². The van der Waals surface area contributed by atoms with E-state index in [-0.39, 0.29) is 17.3 Å². The molecule has 22 heavy (non-hydrogen) atoms. The fourth-order valence-corrected chi connectivity index (χ4v) is 4.22. The number of benzene rings is 1. The van der Waals surface area contributed by atoms with Crippen LogP contribution >= 0.6 is 11.8 Å². The minimum absolute atomic E-state index is 0.0781. The summed E-state index contributed by atoms with van der Waals surface area (Å²) >= 11 is 1.64. The van der Waals surface area contributed by atoms with Gasteiger partial charge in [-0.3, -0.25) is 4.79 Å². The zero-order valence-corrected chi connectivity index (χ0v) is 14.3. The zero-order valence-electron chi connectivity index (χ0n) is 12.7. The monoisotopic (exact) mass is 344 g/mol. The van der Waals surface area contributed by atoms with Gasteiger partial charge in [0.2, 0.25) is 15.9 Å². The van der Waals surface area contributed by atoms with E-state index in [1.807, 2.05) is 0 Å². The Bertz CT molecular complexity index is 646. The van der Waals surface area contributed by atoms with Crippen LogP contribution in [0.3, 0.4) is 0 Å². The van der Waals surface area contributed by atoms with Crippen LogP contribution in [-0.4, -0.2) is 46.9 Å². The number of methoxy groups -OCH3 is 1. The standard InChI is InChI=1S/C14H20N2O4S2/c1-11(17)16-7-3-9-21-14-5-4-12(10-13(14)16)22(18,19)15-6-8-20-2/h4-5,10,15H,3,6-9H2,1-2H3. The molecule has 0 unspecified atom stereocenters. The summed E-state index contributed by atoms with van der Waals surface area (Å²) in [7, 11) is -2.09. The Hall–Kier alpha value is -1.09. The summed E-state index contributed by atoms with van der Waals surface area (Å²) in [5.41, 5.74) is 0.671. The minimum atomic E-state index is -3.60. The summed E-state index contributed by atoms with van der Waals surface area (Å²) in [5.74, 6) is 0.834. The molecule has 0 bridgehead atoms. The lowest BCUT2D eigenvalue weighted by Crippen LogP contribution is -2.30. The molecule has 6 nitrogen and oxygen atoms in total. The third kappa shape index (κ3) is 4.01. The largest absolute Gasteiger partial charge is 0.383 e. The van der Waals surface area contributed by atoms with E-state index in [0.717, 1.165) is 17.1 Å². The Morgan fingerprint density at radius 2 is 2.23 bits per heavy atom. The highest BCUT2D eigenvalue weighted by Crippen LogP contribution is 2.35. The summed E-state index contributed by atoms with van der Waals surface area (Å²) in [6.45, 7) is 2.62. The van der Waals surface area contributed by atoms with Crippen LogP contribution in [0.25, 0.3) is 0 Å². The molecule has 1 aliphatic rings. The number of fused-ring (bicyclic) bond motifs is 1. The van der Waals surface area contributed by atoms with Gasteiger partial charge in [-0.15, -0.1) is 11.8 Å². The van der Waals surface area contributed by atoms with Crippen molar-refractivity contribution in [3.05, 3.63) is 18.2 Å². The Kier molecular flexibility index (Phi) is 5.85. The summed E-state index contributed by atoms with van der Waals surface area (Å²) < 4.78 is 31.9. The van der Waals surface area contributed by atoms with Crippen LogP contribution < -0.4 is 9.62 Å². The molecule has 0 aliphatic carbocycles. The van der Waals surface area contributed by atoms with Crippen molar-refractivity contribution < 1.29 is 17.9 Å². The number of amides is 1. The van der Waals surface area contributed by atoms with E-state index in [1.165, 1.54) is 14.0 Å². The minimum Gasteiger partial charge on any atom is -0.383 e. The first-order valence-corrected chi connectivity index (χ1v) is 9.46. The van der Waals surface area contributed by atoms with Crippen LogP contribution in [0.1, 0.15) is 13.3 Å². The smallest absolute Gasteiger partial charge is 0.240 e. The van der Waals surface area contributed by atoms with E-state index in [1.54, 1.807) is 34.9 Å². The van der Waals surface area contributed by atoms with Gasteiger partial charge in [0, 0.05) is 32.0 Å². The number of nitrogens with zero attached hydrogens (tertiary/aromatic N) is 1. The second kappa shape index (κ2) is 7.45. The van der Waals surface area contributed by atoms with Crippen molar-refractivity contribution in [2.24, 2.45) is 0 Å². The lowest BCUT2D eigenvalue weighted by Gasteiger charge is -2.21. The van der Waals surface area contributed by atoms with Gasteiger partial charge in [-0.25, -0.2) is 13.1 Å². The molecule has 0 saturated carbocycles. The molecule has 1 heterocycles. The van der Waals surface area contributed by atoms with Crippen molar-refractivity contribution in [1.82, 2.24) is 4.72 Å². The van der Waals surface area contributed by atoms with Crippen molar-refractivity contribution in [3.8, 4) is 0 Å². The fraction of sp³-hybridized carbons (Fsp3) is 0.500. The van der Waals surface area contributed by atoms with Crippen molar-refractivity contribution in [3.63, 3.8) is 0 Å². The van der Waals surface area contributed by atoms with E-state index < -0.39 is 10.0 Å². The molecule has 1 amide bonds. The first kappa shape index (κ1) is 17.3. The van der Waals surface area contributed by atoms with Crippen molar-refractivity contribution >= 4 is 33.4 Å². The summed E-state index contributed by atoms with van der Waals surface area (Å²) in [5, 5.41) is 0.